The standard InChI is InChI=1S/C14H10Cl2N2O3/c1-8-12(3-2-4-13(8)18(20)21)17-14(19)10-6-5-9(15)7-11(10)16/h2-7H,1H3,(H,17,19). The minimum absolute atomic E-state index is 0.0602. The van der Waals surface area contributed by atoms with E-state index >= 15 is 0 Å². The van der Waals surface area contributed by atoms with Crippen molar-refractivity contribution in [1.82, 2.24) is 0 Å². The predicted octanol–water partition coefficient (Wildman–Crippen LogP) is 4.46. The van der Waals surface area contributed by atoms with Gasteiger partial charge in [-0.2, -0.15) is 0 Å². The van der Waals surface area contributed by atoms with E-state index in [0.29, 0.717) is 16.3 Å². The van der Waals surface area contributed by atoms with Crippen LogP contribution in [0.3, 0.4) is 0 Å². The molecule has 0 saturated carbocycles. The van der Waals surface area contributed by atoms with Gasteiger partial charge in [-0.3, -0.25) is 14.9 Å². The summed E-state index contributed by atoms with van der Waals surface area (Å²) in [5.74, 6) is -0.458. The van der Waals surface area contributed by atoms with E-state index in [1.165, 1.54) is 24.3 Å². The zero-order valence-electron chi connectivity index (χ0n) is 10.9. The normalized spacial score (nSPS) is 10.2. The highest BCUT2D eigenvalue weighted by atomic mass is 35.5. The molecule has 0 aromatic heterocycles. The first-order valence-corrected chi connectivity index (χ1v) is 6.66. The second-order valence-electron chi connectivity index (χ2n) is 4.29. The van der Waals surface area contributed by atoms with Crippen LogP contribution in [0.1, 0.15) is 15.9 Å². The molecule has 1 amide bonds. The monoisotopic (exact) mass is 324 g/mol. The molecule has 2 aromatic rings. The van der Waals surface area contributed by atoms with Crippen molar-refractivity contribution in [2.75, 3.05) is 5.32 Å². The molecule has 0 atom stereocenters. The number of nitrogens with zero attached hydrogens (tertiary/aromatic N) is 1. The number of amides is 1. The summed E-state index contributed by atoms with van der Waals surface area (Å²) in [6.07, 6.45) is 0. The van der Waals surface area contributed by atoms with Gasteiger partial charge >= 0.3 is 0 Å². The van der Waals surface area contributed by atoms with Crippen molar-refractivity contribution in [3.05, 3.63) is 67.7 Å². The summed E-state index contributed by atoms with van der Waals surface area (Å²) >= 11 is 11.7. The molecule has 7 heteroatoms. The lowest BCUT2D eigenvalue weighted by Gasteiger charge is -2.09. The number of nitro benzene ring substituents is 1. The molecule has 0 fully saturated rings. The third-order valence-electron chi connectivity index (χ3n) is 2.93. The van der Waals surface area contributed by atoms with E-state index in [-0.39, 0.29) is 16.3 Å². The van der Waals surface area contributed by atoms with Crippen LogP contribution in [0.15, 0.2) is 36.4 Å². The number of hydrogen-bond donors (Lipinski definition) is 1. The van der Waals surface area contributed by atoms with Crippen LogP contribution in [0.2, 0.25) is 10.0 Å². The van der Waals surface area contributed by atoms with Gasteiger partial charge < -0.3 is 5.32 Å². The Balaban J connectivity index is 2.32. The molecule has 2 aromatic carbocycles. The second-order valence-corrected chi connectivity index (χ2v) is 5.13. The molecule has 2 rings (SSSR count). The Morgan fingerprint density at radius 3 is 2.57 bits per heavy atom. The van der Waals surface area contributed by atoms with Crippen molar-refractivity contribution in [3.8, 4) is 0 Å². The van der Waals surface area contributed by atoms with E-state index in [9.17, 15) is 14.9 Å². The molecule has 0 aliphatic carbocycles. The van der Waals surface area contributed by atoms with Crippen LogP contribution in [-0.2, 0) is 0 Å². The SMILES string of the molecule is Cc1c(NC(=O)c2ccc(Cl)cc2Cl)cccc1[N+](=O)[O-]. The smallest absolute Gasteiger partial charge is 0.274 e. The molecule has 0 unspecified atom stereocenters. The summed E-state index contributed by atoms with van der Waals surface area (Å²) < 4.78 is 0. The Hall–Kier alpha value is -2.11. The Morgan fingerprint density at radius 2 is 1.95 bits per heavy atom. The van der Waals surface area contributed by atoms with Crippen LogP contribution in [0.25, 0.3) is 0 Å². The lowest BCUT2D eigenvalue weighted by molar-refractivity contribution is -0.385. The highest BCUT2D eigenvalue weighted by molar-refractivity contribution is 6.37. The minimum Gasteiger partial charge on any atom is -0.321 e. The van der Waals surface area contributed by atoms with Crippen LogP contribution < -0.4 is 5.32 Å². The molecule has 0 heterocycles. The number of nitro groups is 1. The molecule has 0 aliphatic rings. The lowest BCUT2D eigenvalue weighted by atomic mass is 10.1. The zero-order chi connectivity index (χ0) is 15.6. The van der Waals surface area contributed by atoms with E-state index in [1.807, 2.05) is 0 Å². The van der Waals surface area contributed by atoms with Crippen molar-refractivity contribution in [2.45, 2.75) is 6.92 Å². The van der Waals surface area contributed by atoms with Crippen LogP contribution in [0, 0.1) is 17.0 Å². The first-order chi connectivity index (χ1) is 9.90. The Labute approximate surface area is 130 Å². The van der Waals surface area contributed by atoms with Gasteiger partial charge in [0.2, 0.25) is 0 Å². The third kappa shape index (κ3) is 3.32. The molecule has 0 radical (unpaired) electrons. The van der Waals surface area contributed by atoms with Gasteiger partial charge in [-0.25, -0.2) is 0 Å². The van der Waals surface area contributed by atoms with Crippen molar-refractivity contribution in [1.29, 1.82) is 0 Å². The maximum absolute atomic E-state index is 12.2. The summed E-state index contributed by atoms with van der Waals surface area (Å²) in [4.78, 5) is 22.5. The quantitative estimate of drug-likeness (QED) is 0.669. The molecular weight excluding hydrogens is 315 g/mol. The summed E-state index contributed by atoms with van der Waals surface area (Å²) in [7, 11) is 0. The Morgan fingerprint density at radius 1 is 1.24 bits per heavy atom. The number of halogens is 2. The van der Waals surface area contributed by atoms with Crippen molar-refractivity contribution < 1.29 is 9.72 Å². The Bertz CT molecular complexity index is 732. The van der Waals surface area contributed by atoms with Crippen LogP contribution >= 0.6 is 23.2 Å². The first-order valence-electron chi connectivity index (χ1n) is 5.90. The minimum atomic E-state index is -0.500. The first kappa shape index (κ1) is 15.3. The number of benzene rings is 2. The zero-order valence-corrected chi connectivity index (χ0v) is 12.4. The number of rotatable bonds is 3. The number of anilines is 1. The number of hydrogen-bond acceptors (Lipinski definition) is 3. The van der Waals surface area contributed by atoms with Gasteiger partial charge in [0.1, 0.15) is 0 Å². The van der Waals surface area contributed by atoms with Crippen molar-refractivity contribution in [3.63, 3.8) is 0 Å². The molecule has 0 saturated heterocycles. The number of carbonyl (C=O) groups excluding carboxylic acids is 1. The van der Waals surface area contributed by atoms with Gasteiger partial charge in [0.05, 0.1) is 26.8 Å². The second kappa shape index (κ2) is 6.11. The van der Waals surface area contributed by atoms with Crippen LogP contribution in [0.4, 0.5) is 11.4 Å². The maximum atomic E-state index is 12.2. The van der Waals surface area contributed by atoms with Crippen LogP contribution in [0.5, 0.6) is 0 Å². The molecular formula is C14H10Cl2N2O3. The summed E-state index contributed by atoms with van der Waals surface area (Å²) in [5, 5.41) is 14.1. The van der Waals surface area contributed by atoms with Gasteiger partial charge in [0, 0.05) is 11.1 Å². The molecule has 108 valence electrons. The highest BCUT2D eigenvalue weighted by Gasteiger charge is 2.16. The van der Waals surface area contributed by atoms with Gasteiger partial charge in [-0.1, -0.05) is 29.3 Å². The summed E-state index contributed by atoms with van der Waals surface area (Å²) in [5.41, 5.74) is 0.920. The van der Waals surface area contributed by atoms with Crippen LogP contribution in [-0.4, -0.2) is 10.8 Å². The molecule has 5 nitrogen and oxygen atoms in total. The van der Waals surface area contributed by atoms with Gasteiger partial charge in [0.15, 0.2) is 0 Å². The fourth-order valence-corrected chi connectivity index (χ4v) is 2.31. The van der Waals surface area contributed by atoms with Gasteiger partial charge in [-0.05, 0) is 31.2 Å². The van der Waals surface area contributed by atoms with E-state index in [0.717, 1.165) is 0 Å². The molecule has 0 spiro atoms. The average molecular weight is 325 g/mol. The number of nitrogens with one attached hydrogen (secondary N) is 1. The topological polar surface area (TPSA) is 72.2 Å². The third-order valence-corrected chi connectivity index (χ3v) is 3.47. The summed E-state index contributed by atoms with van der Waals surface area (Å²) in [6.45, 7) is 1.57. The fraction of sp³-hybridized carbons (Fsp3) is 0.0714. The molecule has 1 N–H and O–H groups in total. The lowest BCUT2D eigenvalue weighted by Crippen LogP contribution is -2.13. The van der Waals surface area contributed by atoms with Gasteiger partial charge in [-0.15, -0.1) is 0 Å². The molecule has 0 bridgehead atoms. The number of carbonyl (C=O) groups is 1. The van der Waals surface area contributed by atoms with E-state index in [4.69, 9.17) is 23.2 Å². The van der Waals surface area contributed by atoms with E-state index in [2.05, 4.69) is 5.32 Å². The molecule has 21 heavy (non-hydrogen) atoms. The largest absolute Gasteiger partial charge is 0.321 e. The fourth-order valence-electron chi connectivity index (χ4n) is 1.82. The average Bonchev–Trinajstić information content (AvgIpc) is 2.40. The highest BCUT2D eigenvalue weighted by Crippen LogP contribution is 2.27. The predicted molar refractivity (Wildman–Crippen MR) is 82.2 cm³/mol. The van der Waals surface area contributed by atoms with E-state index < -0.39 is 10.8 Å². The van der Waals surface area contributed by atoms with Crippen molar-refractivity contribution >= 4 is 40.5 Å². The summed E-state index contributed by atoms with van der Waals surface area (Å²) in [6, 6.07) is 8.96. The van der Waals surface area contributed by atoms with Gasteiger partial charge in [0.25, 0.3) is 11.6 Å². The van der Waals surface area contributed by atoms with E-state index in [1.54, 1.807) is 19.1 Å². The molecule has 0 aliphatic heterocycles. The van der Waals surface area contributed by atoms with Crippen molar-refractivity contribution in [2.24, 2.45) is 0 Å². The Kier molecular flexibility index (Phi) is 4.45. The maximum Gasteiger partial charge on any atom is 0.274 e.